The summed E-state index contributed by atoms with van der Waals surface area (Å²) in [7, 11) is 0. The van der Waals surface area contributed by atoms with E-state index in [2.05, 4.69) is 10.9 Å². The maximum atomic E-state index is 10.7. The van der Waals surface area contributed by atoms with E-state index in [0.29, 0.717) is 6.61 Å². The second-order valence-corrected chi connectivity index (χ2v) is 1.90. The third-order valence-corrected chi connectivity index (χ3v) is 1.15. The zero-order valence-corrected chi connectivity index (χ0v) is 6.01. The molecular formula is C6H8N2O3. The molecule has 0 aromatic heterocycles. The van der Waals surface area contributed by atoms with E-state index in [0.717, 1.165) is 6.26 Å². The lowest BCUT2D eigenvalue weighted by Crippen LogP contribution is -2.28. The van der Waals surface area contributed by atoms with E-state index in [-0.39, 0.29) is 5.57 Å². The van der Waals surface area contributed by atoms with Crippen molar-refractivity contribution in [2.75, 3.05) is 6.61 Å². The molecule has 60 valence electrons. The number of hydrazine groups is 1. The van der Waals surface area contributed by atoms with Crippen LogP contribution in [0.4, 0.5) is 0 Å². The van der Waals surface area contributed by atoms with Gasteiger partial charge in [0.05, 0.1) is 6.61 Å². The number of hydrogen-bond acceptors (Lipinski definition) is 3. The highest BCUT2D eigenvalue weighted by atomic mass is 16.5. The first-order valence-corrected chi connectivity index (χ1v) is 3.18. The summed E-state index contributed by atoms with van der Waals surface area (Å²) in [5, 5.41) is 0. The SMILES string of the molecule is CCOC=C1C(=O)NNC1=O. The van der Waals surface area contributed by atoms with Crippen molar-refractivity contribution in [1.82, 2.24) is 10.9 Å². The normalized spacial score (nSPS) is 15.9. The zero-order chi connectivity index (χ0) is 8.27. The van der Waals surface area contributed by atoms with Crippen LogP contribution in [0.25, 0.3) is 0 Å². The monoisotopic (exact) mass is 156 g/mol. The van der Waals surface area contributed by atoms with Gasteiger partial charge in [-0.1, -0.05) is 0 Å². The maximum absolute atomic E-state index is 10.7. The number of rotatable bonds is 2. The van der Waals surface area contributed by atoms with Crippen molar-refractivity contribution in [3.63, 3.8) is 0 Å². The summed E-state index contributed by atoms with van der Waals surface area (Å²) >= 11 is 0. The van der Waals surface area contributed by atoms with Crippen LogP contribution in [-0.2, 0) is 14.3 Å². The predicted octanol–water partition coefficient (Wildman–Crippen LogP) is -0.932. The number of hydrogen-bond donors (Lipinski definition) is 2. The van der Waals surface area contributed by atoms with Gasteiger partial charge < -0.3 is 4.74 Å². The largest absolute Gasteiger partial charge is 0.500 e. The molecule has 1 aliphatic rings. The fourth-order valence-electron chi connectivity index (χ4n) is 0.625. The second-order valence-electron chi connectivity index (χ2n) is 1.90. The van der Waals surface area contributed by atoms with Gasteiger partial charge in [-0.25, -0.2) is 0 Å². The standard InChI is InChI=1S/C6H8N2O3/c1-2-11-3-4-5(9)7-8-6(4)10/h3H,2H2,1H3,(H,7,9)(H,8,10). The van der Waals surface area contributed by atoms with E-state index in [4.69, 9.17) is 4.74 Å². The summed E-state index contributed by atoms with van der Waals surface area (Å²) < 4.78 is 4.77. The Balaban J connectivity index is 2.68. The van der Waals surface area contributed by atoms with Crippen molar-refractivity contribution in [2.24, 2.45) is 0 Å². The van der Waals surface area contributed by atoms with Gasteiger partial charge in [0.25, 0.3) is 11.8 Å². The van der Waals surface area contributed by atoms with Gasteiger partial charge in [0.1, 0.15) is 11.8 Å². The Labute approximate surface area is 63.4 Å². The van der Waals surface area contributed by atoms with Gasteiger partial charge in [0.15, 0.2) is 0 Å². The van der Waals surface area contributed by atoms with Crippen LogP contribution in [-0.4, -0.2) is 18.4 Å². The first kappa shape index (κ1) is 7.59. The summed E-state index contributed by atoms with van der Waals surface area (Å²) in [5.74, 6) is -0.910. The molecule has 0 aromatic rings. The summed E-state index contributed by atoms with van der Waals surface area (Å²) in [6.45, 7) is 2.20. The summed E-state index contributed by atoms with van der Waals surface area (Å²) in [6.07, 6.45) is 1.15. The second kappa shape index (κ2) is 3.05. The Kier molecular flexibility index (Phi) is 2.10. The molecule has 2 N–H and O–H groups in total. The molecule has 11 heavy (non-hydrogen) atoms. The minimum Gasteiger partial charge on any atom is -0.500 e. The molecule has 1 heterocycles. The Bertz CT molecular complexity index is 204. The van der Waals surface area contributed by atoms with E-state index in [1.807, 2.05) is 0 Å². The van der Waals surface area contributed by atoms with E-state index < -0.39 is 11.8 Å². The molecule has 2 amide bonds. The van der Waals surface area contributed by atoms with Crippen LogP contribution in [0, 0.1) is 0 Å². The van der Waals surface area contributed by atoms with E-state index >= 15 is 0 Å². The van der Waals surface area contributed by atoms with Crippen molar-refractivity contribution in [1.29, 1.82) is 0 Å². The Morgan fingerprint density at radius 1 is 1.36 bits per heavy atom. The highest BCUT2D eigenvalue weighted by Crippen LogP contribution is 1.99. The fourth-order valence-corrected chi connectivity index (χ4v) is 0.625. The Morgan fingerprint density at radius 3 is 2.36 bits per heavy atom. The van der Waals surface area contributed by atoms with Crippen LogP contribution in [0.5, 0.6) is 0 Å². The van der Waals surface area contributed by atoms with Crippen molar-refractivity contribution in [2.45, 2.75) is 6.92 Å². The van der Waals surface area contributed by atoms with Gasteiger partial charge in [0.2, 0.25) is 0 Å². The van der Waals surface area contributed by atoms with Crippen LogP contribution >= 0.6 is 0 Å². The lowest BCUT2D eigenvalue weighted by Gasteiger charge is -1.92. The molecule has 1 fully saturated rings. The molecule has 0 saturated carbocycles. The molecule has 0 spiro atoms. The average Bonchev–Trinajstić information content (AvgIpc) is 2.29. The topological polar surface area (TPSA) is 67.4 Å². The molecule has 0 radical (unpaired) electrons. The average molecular weight is 156 g/mol. The molecule has 0 atom stereocenters. The molecule has 0 aliphatic carbocycles. The summed E-state index contributed by atoms with van der Waals surface area (Å²) in [4.78, 5) is 21.5. The lowest BCUT2D eigenvalue weighted by molar-refractivity contribution is -0.117. The third-order valence-electron chi connectivity index (χ3n) is 1.15. The van der Waals surface area contributed by atoms with Crippen molar-refractivity contribution >= 4 is 11.8 Å². The molecule has 1 saturated heterocycles. The van der Waals surface area contributed by atoms with Crippen molar-refractivity contribution in [3.8, 4) is 0 Å². The van der Waals surface area contributed by atoms with Gasteiger partial charge >= 0.3 is 0 Å². The van der Waals surface area contributed by atoms with Crippen LogP contribution < -0.4 is 10.9 Å². The number of amides is 2. The van der Waals surface area contributed by atoms with Crippen molar-refractivity contribution < 1.29 is 14.3 Å². The smallest absolute Gasteiger partial charge is 0.278 e. The highest BCUT2D eigenvalue weighted by molar-refractivity contribution is 6.22. The lowest BCUT2D eigenvalue weighted by atomic mass is 10.3. The van der Waals surface area contributed by atoms with Crippen LogP contribution in [0.15, 0.2) is 11.8 Å². The Hall–Kier alpha value is -1.52. The third kappa shape index (κ3) is 1.49. The molecule has 5 heteroatoms. The predicted molar refractivity (Wildman–Crippen MR) is 36.0 cm³/mol. The number of ether oxygens (including phenoxy) is 1. The van der Waals surface area contributed by atoms with Gasteiger partial charge in [-0.3, -0.25) is 20.4 Å². The first-order valence-electron chi connectivity index (χ1n) is 3.18. The van der Waals surface area contributed by atoms with Gasteiger partial charge in [-0.2, -0.15) is 0 Å². The maximum Gasteiger partial charge on any atom is 0.278 e. The van der Waals surface area contributed by atoms with Gasteiger partial charge in [-0.15, -0.1) is 0 Å². The molecular weight excluding hydrogens is 148 g/mol. The van der Waals surface area contributed by atoms with Gasteiger partial charge in [-0.05, 0) is 6.92 Å². The summed E-state index contributed by atoms with van der Waals surface area (Å²) in [5.41, 5.74) is 4.29. The highest BCUT2D eigenvalue weighted by Gasteiger charge is 2.25. The van der Waals surface area contributed by atoms with E-state index in [1.165, 1.54) is 0 Å². The number of carbonyl (C=O) groups excluding carboxylic acids is 2. The molecule has 0 bridgehead atoms. The molecule has 0 aromatic carbocycles. The molecule has 1 rings (SSSR count). The molecule has 5 nitrogen and oxygen atoms in total. The molecule has 0 unspecified atom stereocenters. The van der Waals surface area contributed by atoms with Crippen molar-refractivity contribution in [3.05, 3.63) is 11.8 Å². The summed E-state index contributed by atoms with van der Waals surface area (Å²) in [6, 6.07) is 0. The fraction of sp³-hybridized carbons (Fsp3) is 0.333. The number of carbonyl (C=O) groups is 2. The van der Waals surface area contributed by atoms with E-state index in [9.17, 15) is 9.59 Å². The minimum atomic E-state index is -0.455. The van der Waals surface area contributed by atoms with E-state index in [1.54, 1.807) is 6.92 Å². The minimum absolute atomic E-state index is 0.00634. The number of nitrogens with one attached hydrogen (secondary N) is 2. The van der Waals surface area contributed by atoms with Gasteiger partial charge in [0, 0.05) is 0 Å². The Morgan fingerprint density at radius 2 is 1.91 bits per heavy atom. The van der Waals surface area contributed by atoms with Crippen LogP contribution in [0.2, 0.25) is 0 Å². The molecule has 1 aliphatic heterocycles. The zero-order valence-electron chi connectivity index (χ0n) is 6.01. The first-order chi connectivity index (χ1) is 5.25. The van der Waals surface area contributed by atoms with Crippen LogP contribution in [0.3, 0.4) is 0 Å². The van der Waals surface area contributed by atoms with Crippen LogP contribution in [0.1, 0.15) is 6.92 Å². The quantitative estimate of drug-likeness (QED) is 0.308.